The van der Waals surface area contributed by atoms with Crippen LogP contribution in [0.25, 0.3) is 11.0 Å². The predicted octanol–water partition coefficient (Wildman–Crippen LogP) is 4.69. The molecule has 0 spiro atoms. The van der Waals surface area contributed by atoms with E-state index < -0.39 is 0 Å². The van der Waals surface area contributed by atoms with Crippen molar-refractivity contribution >= 4 is 11.0 Å². The maximum absolute atomic E-state index is 6.03. The molecule has 2 aromatic rings. The molecule has 0 saturated heterocycles. The van der Waals surface area contributed by atoms with E-state index in [4.69, 9.17) is 4.42 Å². The Morgan fingerprint density at radius 1 is 1.11 bits per heavy atom. The average molecular weight is 259 g/mol. The van der Waals surface area contributed by atoms with E-state index in [0.29, 0.717) is 12.0 Å². The van der Waals surface area contributed by atoms with Gasteiger partial charge in [0.2, 0.25) is 0 Å². The van der Waals surface area contributed by atoms with Crippen LogP contribution >= 0.6 is 0 Å². The van der Waals surface area contributed by atoms with Crippen molar-refractivity contribution in [3.63, 3.8) is 0 Å². The van der Waals surface area contributed by atoms with Crippen LogP contribution < -0.4 is 5.32 Å². The molecule has 0 bridgehead atoms. The van der Waals surface area contributed by atoms with Gasteiger partial charge >= 0.3 is 0 Å². The van der Waals surface area contributed by atoms with Crippen molar-refractivity contribution in [3.05, 3.63) is 35.6 Å². The lowest BCUT2D eigenvalue weighted by molar-refractivity contribution is 0.355. The topological polar surface area (TPSA) is 25.2 Å². The van der Waals surface area contributed by atoms with E-state index in [1.54, 1.807) is 0 Å². The highest BCUT2D eigenvalue weighted by atomic mass is 16.3. The minimum Gasteiger partial charge on any atom is -0.461 e. The molecular formula is C17H25NO. The fraction of sp³-hybridized carbons (Fsp3) is 0.529. The van der Waals surface area contributed by atoms with Gasteiger partial charge in [-0.05, 0) is 19.0 Å². The highest BCUT2D eigenvalue weighted by molar-refractivity contribution is 5.82. The van der Waals surface area contributed by atoms with Crippen LogP contribution in [0.1, 0.15) is 51.0 Å². The molecule has 0 saturated carbocycles. The molecule has 1 N–H and O–H groups in total. The summed E-state index contributed by atoms with van der Waals surface area (Å²) in [5, 5.41) is 4.78. The second-order valence-corrected chi connectivity index (χ2v) is 5.13. The normalized spacial score (nSPS) is 13.3. The van der Waals surface area contributed by atoms with Crippen LogP contribution in [0, 0.1) is 5.92 Å². The Bertz CT molecular complexity index is 525. The summed E-state index contributed by atoms with van der Waals surface area (Å²) in [6.07, 6.45) is 3.32. The zero-order valence-corrected chi connectivity index (χ0v) is 12.5. The Morgan fingerprint density at radius 3 is 2.37 bits per heavy atom. The minimum atomic E-state index is 0.383. The molecule has 1 unspecified atom stereocenters. The van der Waals surface area contributed by atoms with Crippen LogP contribution in [0.15, 0.2) is 28.7 Å². The van der Waals surface area contributed by atoms with Crippen molar-refractivity contribution in [2.24, 2.45) is 5.92 Å². The average Bonchev–Trinajstić information content (AvgIpc) is 2.83. The summed E-state index contributed by atoms with van der Waals surface area (Å²) in [4.78, 5) is 0. The second kappa shape index (κ2) is 6.25. The Labute approximate surface area is 116 Å². The van der Waals surface area contributed by atoms with Crippen molar-refractivity contribution in [2.75, 3.05) is 7.05 Å². The van der Waals surface area contributed by atoms with Crippen LogP contribution in [0.2, 0.25) is 0 Å². The largest absolute Gasteiger partial charge is 0.461 e. The van der Waals surface area contributed by atoms with E-state index in [0.717, 1.165) is 17.8 Å². The molecule has 0 aliphatic carbocycles. The van der Waals surface area contributed by atoms with E-state index in [1.807, 2.05) is 6.07 Å². The first-order valence-electron chi connectivity index (χ1n) is 7.44. The molecule has 2 rings (SSSR count). The lowest BCUT2D eigenvalue weighted by atomic mass is 9.87. The van der Waals surface area contributed by atoms with Gasteiger partial charge in [0.05, 0.1) is 0 Å². The molecule has 0 fully saturated rings. The van der Waals surface area contributed by atoms with Crippen molar-refractivity contribution in [2.45, 2.75) is 46.1 Å². The molecule has 0 amide bonds. The van der Waals surface area contributed by atoms with Gasteiger partial charge in [0, 0.05) is 23.4 Å². The Balaban J connectivity index is 2.57. The standard InChI is InChI=1S/C17H25NO/c1-5-12(6-2)17(18-4)16-13-10-8-9-11-15(13)19-14(16)7-3/h8-12,17-18H,5-7H2,1-4H3. The van der Waals surface area contributed by atoms with E-state index >= 15 is 0 Å². The van der Waals surface area contributed by atoms with Gasteiger partial charge in [-0.1, -0.05) is 51.8 Å². The van der Waals surface area contributed by atoms with Gasteiger partial charge in [-0.25, -0.2) is 0 Å². The van der Waals surface area contributed by atoms with Crippen LogP contribution in [0.3, 0.4) is 0 Å². The molecule has 1 heterocycles. The van der Waals surface area contributed by atoms with E-state index in [2.05, 4.69) is 51.3 Å². The third-order valence-electron chi connectivity index (χ3n) is 4.17. The summed E-state index contributed by atoms with van der Waals surface area (Å²) < 4.78 is 6.03. The maximum Gasteiger partial charge on any atom is 0.134 e. The monoisotopic (exact) mass is 259 g/mol. The predicted molar refractivity (Wildman–Crippen MR) is 81.5 cm³/mol. The first kappa shape index (κ1) is 14.1. The molecule has 1 aromatic carbocycles. The summed E-state index contributed by atoms with van der Waals surface area (Å²) in [6.45, 7) is 6.71. The zero-order valence-electron chi connectivity index (χ0n) is 12.5. The number of hydrogen-bond acceptors (Lipinski definition) is 2. The molecule has 104 valence electrons. The van der Waals surface area contributed by atoms with Gasteiger partial charge in [0.1, 0.15) is 11.3 Å². The highest BCUT2D eigenvalue weighted by Crippen LogP contribution is 2.36. The lowest BCUT2D eigenvalue weighted by Gasteiger charge is -2.25. The molecule has 1 aromatic heterocycles. The van der Waals surface area contributed by atoms with Crippen LogP contribution in [-0.4, -0.2) is 7.05 Å². The number of fused-ring (bicyclic) bond motifs is 1. The molecule has 2 heteroatoms. The SMILES string of the molecule is CCc1oc2ccccc2c1C(NC)C(CC)CC. The van der Waals surface area contributed by atoms with Crippen LogP contribution in [0.5, 0.6) is 0 Å². The first-order chi connectivity index (χ1) is 9.26. The Kier molecular flexibility index (Phi) is 4.65. The van der Waals surface area contributed by atoms with E-state index in [1.165, 1.54) is 23.8 Å². The molecule has 0 aliphatic heterocycles. The molecule has 2 nitrogen and oxygen atoms in total. The lowest BCUT2D eigenvalue weighted by Crippen LogP contribution is -2.25. The summed E-state index contributed by atoms with van der Waals surface area (Å²) >= 11 is 0. The first-order valence-corrected chi connectivity index (χ1v) is 7.44. The van der Waals surface area contributed by atoms with Gasteiger partial charge in [-0.15, -0.1) is 0 Å². The Morgan fingerprint density at radius 2 is 1.79 bits per heavy atom. The highest BCUT2D eigenvalue weighted by Gasteiger charge is 2.25. The van der Waals surface area contributed by atoms with Crippen molar-refractivity contribution < 1.29 is 4.42 Å². The summed E-state index contributed by atoms with van der Waals surface area (Å²) in [5.41, 5.74) is 2.38. The minimum absolute atomic E-state index is 0.383. The fourth-order valence-corrected chi connectivity index (χ4v) is 3.10. The summed E-state index contributed by atoms with van der Waals surface area (Å²) in [5.74, 6) is 1.78. The number of para-hydroxylation sites is 1. The maximum atomic E-state index is 6.03. The number of benzene rings is 1. The summed E-state index contributed by atoms with van der Waals surface area (Å²) in [6, 6.07) is 8.77. The number of aryl methyl sites for hydroxylation is 1. The van der Waals surface area contributed by atoms with Gasteiger partial charge in [-0.2, -0.15) is 0 Å². The van der Waals surface area contributed by atoms with Gasteiger partial charge in [0.15, 0.2) is 0 Å². The van der Waals surface area contributed by atoms with E-state index in [-0.39, 0.29) is 0 Å². The molecule has 0 radical (unpaired) electrons. The van der Waals surface area contributed by atoms with Gasteiger partial charge in [-0.3, -0.25) is 0 Å². The number of furan rings is 1. The number of rotatable bonds is 6. The fourth-order valence-electron chi connectivity index (χ4n) is 3.10. The van der Waals surface area contributed by atoms with Gasteiger partial charge < -0.3 is 9.73 Å². The Hall–Kier alpha value is -1.28. The third kappa shape index (κ3) is 2.55. The summed E-state index contributed by atoms with van der Waals surface area (Å²) in [7, 11) is 2.06. The molecule has 1 atom stereocenters. The molecule has 0 aliphatic rings. The van der Waals surface area contributed by atoms with Crippen LogP contribution in [0.4, 0.5) is 0 Å². The second-order valence-electron chi connectivity index (χ2n) is 5.13. The third-order valence-corrected chi connectivity index (χ3v) is 4.17. The zero-order chi connectivity index (χ0) is 13.8. The van der Waals surface area contributed by atoms with E-state index in [9.17, 15) is 0 Å². The molecular weight excluding hydrogens is 234 g/mol. The molecule has 19 heavy (non-hydrogen) atoms. The van der Waals surface area contributed by atoms with Crippen molar-refractivity contribution in [1.29, 1.82) is 0 Å². The smallest absolute Gasteiger partial charge is 0.134 e. The van der Waals surface area contributed by atoms with Crippen molar-refractivity contribution in [3.8, 4) is 0 Å². The quantitative estimate of drug-likeness (QED) is 0.814. The van der Waals surface area contributed by atoms with Gasteiger partial charge in [0.25, 0.3) is 0 Å². The number of hydrogen-bond donors (Lipinski definition) is 1. The number of nitrogens with one attached hydrogen (secondary N) is 1. The van der Waals surface area contributed by atoms with Crippen LogP contribution in [-0.2, 0) is 6.42 Å². The van der Waals surface area contributed by atoms with Crippen molar-refractivity contribution in [1.82, 2.24) is 5.32 Å².